The number of benzene rings is 1. The fourth-order valence-electron chi connectivity index (χ4n) is 3.97. The van der Waals surface area contributed by atoms with E-state index in [2.05, 4.69) is 11.6 Å². The highest BCUT2D eigenvalue weighted by molar-refractivity contribution is 5.74. The molecule has 0 amide bonds. The van der Waals surface area contributed by atoms with Gasteiger partial charge in [0, 0.05) is 23.7 Å². The van der Waals surface area contributed by atoms with Crippen molar-refractivity contribution >= 4 is 0 Å². The summed E-state index contributed by atoms with van der Waals surface area (Å²) in [5, 5.41) is 32.1. The monoisotopic (exact) mass is 381 g/mol. The number of hydrogen-bond donors (Lipinski definition) is 3. The lowest BCUT2D eigenvalue weighted by molar-refractivity contribution is 0.168. The zero-order chi connectivity index (χ0) is 20.6. The Labute approximate surface area is 165 Å². The van der Waals surface area contributed by atoms with Crippen LogP contribution in [-0.2, 0) is 0 Å². The predicted molar refractivity (Wildman–Crippen MR) is 110 cm³/mol. The van der Waals surface area contributed by atoms with Gasteiger partial charge in [-0.3, -0.25) is 0 Å². The quantitative estimate of drug-likeness (QED) is 0.681. The van der Waals surface area contributed by atoms with Crippen molar-refractivity contribution in [1.82, 2.24) is 4.98 Å². The van der Waals surface area contributed by atoms with E-state index in [0.29, 0.717) is 29.0 Å². The molecule has 5 nitrogen and oxygen atoms in total. The molecule has 0 unspecified atom stereocenters. The number of ether oxygens (including phenoxy) is 1. The second-order valence-corrected chi connectivity index (χ2v) is 7.56. The van der Waals surface area contributed by atoms with Gasteiger partial charge >= 0.3 is 0 Å². The molecule has 28 heavy (non-hydrogen) atoms. The van der Waals surface area contributed by atoms with Crippen molar-refractivity contribution in [1.29, 1.82) is 0 Å². The summed E-state index contributed by atoms with van der Waals surface area (Å²) >= 11 is 0. The first-order valence-corrected chi connectivity index (χ1v) is 9.32. The second-order valence-electron chi connectivity index (χ2n) is 7.56. The van der Waals surface area contributed by atoms with Gasteiger partial charge in [0.2, 0.25) is 5.88 Å². The maximum absolute atomic E-state index is 11.0. The number of rotatable bonds is 4. The molecule has 3 N–H and O–H groups in total. The number of aromatic nitrogens is 1. The molecule has 0 saturated carbocycles. The number of phenolic OH excluding ortho intramolecular Hbond substituents is 2. The van der Waals surface area contributed by atoms with Gasteiger partial charge in [0.15, 0.2) is 0 Å². The van der Waals surface area contributed by atoms with E-state index in [-0.39, 0.29) is 23.3 Å². The third-order valence-corrected chi connectivity index (χ3v) is 5.67. The van der Waals surface area contributed by atoms with Crippen molar-refractivity contribution < 1.29 is 20.1 Å². The van der Waals surface area contributed by atoms with Crippen LogP contribution in [0.1, 0.15) is 37.3 Å². The first kappa shape index (κ1) is 20.0. The highest BCUT2D eigenvalue weighted by Crippen LogP contribution is 2.49. The van der Waals surface area contributed by atoms with Crippen LogP contribution in [0.15, 0.2) is 48.2 Å². The van der Waals surface area contributed by atoms with Gasteiger partial charge in [-0.05, 0) is 67.5 Å². The van der Waals surface area contributed by atoms with E-state index in [1.54, 1.807) is 31.5 Å². The average molecular weight is 381 g/mol. The summed E-state index contributed by atoms with van der Waals surface area (Å²) in [6, 6.07) is 5.24. The summed E-state index contributed by atoms with van der Waals surface area (Å²) < 4.78 is 5.18. The van der Waals surface area contributed by atoms with Crippen LogP contribution < -0.4 is 4.74 Å². The summed E-state index contributed by atoms with van der Waals surface area (Å²) in [6.45, 7) is 9.66. The van der Waals surface area contributed by atoms with Gasteiger partial charge in [-0.1, -0.05) is 18.2 Å². The molecule has 1 aliphatic carbocycles. The Balaban J connectivity index is 2.16. The summed E-state index contributed by atoms with van der Waals surface area (Å²) in [5.41, 5.74) is 4.39. The minimum atomic E-state index is -0.535. The number of aliphatic hydroxyl groups is 1. The van der Waals surface area contributed by atoms with E-state index in [1.165, 1.54) is 0 Å². The molecule has 3 atom stereocenters. The maximum Gasteiger partial charge on any atom is 0.213 e. The van der Waals surface area contributed by atoms with Crippen molar-refractivity contribution in [2.45, 2.75) is 39.2 Å². The van der Waals surface area contributed by atoms with Crippen LogP contribution in [0.2, 0.25) is 0 Å². The molecule has 3 rings (SSSR count). The Morgan fingerprint density at radius 3 is 2.61 bits per heavy atom. The van der Waals surface area contributed by atoms with Gasteiger partial charge in [-0.25, -0.2) is 4.98 Å². The first-order valence-electron chi connectivity index (χ1n) is 9.32. The fourth-order valence-corrected chi connectivity index (χ4v) is 3.97. The molecular formula is C23H27NO4. The molecule has 1 heterocycles. The lowest BCUT2D eigenvalue weighted by atomic mass is 9.72. The summed E-state index contributed by atoms with van der Waals surface area (Å²) in [6.07, 6.45) is 3.54. The topological polar surface area (TPSA) is 82.8 Å². The van der Waals surface area contributed by atoms with E-state index in [9.17, 15) is 15.3 Å². The zero-order valence-electron chi connectivity index (χ0n) is 16.7. The van der Waals surface area contributed by atoms with Crippen molar-refractivity contribution in [3.05, 3.63) is 59.3 Å². The SMILES string of the molecule is C=C(C)[C@@H]1C[C@H](O)C(C)=C[C@H]1c1c(O)cc(-c2ccnc(OC)c2)c(C)c1O. The van der Waals surface area contributed by atoms with Crippen molar-refractivity contribution in [2.24, 2.45) is 5.92 Å². The van der Waals surface area contributed by atoms with Crippen LogP contribution in [-0.4, -0.2) is 33.5 Å². The number of aromatic hydroxyl groups is 2. The van der Waals surface area contributed by atoms with Gasteiger partial charge in [0.25, 0.3) is 0 Å². The van der Waals surface area contributed by atoms with Crippen molar-refractivity contribution in [3.63, 3.8) is 0 Å². The van der Waals surface area contributed by atoms with E-state index < -0.39 is 6.10 Å². The Hall–Kier alpha value is -2.79. The van der Waals surface area contributed by atoms with Crippen LogP contribution >= 0.6 is 0 Å². The molecule has 0 radical (unpaired) electrons. The van der Waals surface area contributed by atoms with Crippen molar-refractivity contribution in [2.75, 3.05) is 7.11 Å². The molecule has 1 aromatic carbocycles. The van der Waals surface area contributed by atoms with Gasteiger partial charge in [-0.2, -0.15) is 0 Å². The molecule has 5 heteroatoms. The number of phenols is 2. The molecule has 148 valence electrons. The van der Waals surface area contributed by atoms with E-state index in [0.717, 1.165) is 16.7 Å². The molecule has 0 aliphatic heterocycles. The van der Waals surface area contributed by atoms with Crippen LogP contribution in [0.4, 0.5) is 0 Å². The van der Waals surface area contributed by atoms with Crippen LogP contribution in [0.5, 0.6) is 17.4 Å². The molecule has 1 aromatic heterocycles. The fraction of sp³-hybridized carbons (Fsp3) is 0.348. The lowest BCUT2D eigenvalue weighted by Crippen LogP contribution is -2.26. The third-order valence-electron chi connectivity index (χ3n) is 5.67. The molecular weight excluding hydrogens is 354 g/mol. The number of aliphatic hydroxyl groups excluding tert-OH is 1. The summed E-state index contributed by atoms with van der Waals surface area (Å²) in [4.78, 5) is 4.11. The third kappa shape index (κ3) is 3.50. The van der Waals surface area contributed by atoms with Crippen LogP contribution in [0.3, 0.4) is 0 Å². The molecule has 0 spiro atoms. The molecule has 1 aliphatic rings. The van der Waals surface area contributed by atoms with E-state index >= 15 is 0 Å². The van der Waals surface area contributed by atoms with E-state index in [4.69, 9.17) is 4.74 Å². The minimum absolute atomic E-state index is 0.0190. The molecule has 0 saturated heterocycles. The molecule has 0 fully saturated rings. The summed E-state index contributed by atoms with van der Waals surface area (Å²) in [7, 11) is 1.54. The highest BCUT2D eigenvalue weighted by atomic mass is 16.5. The predicted octanol–water partition coefficient (Wildman–Crippen LogP) is 4.46. The Morgan fingerprint density at radius 2 is 1.96 bits per heavy atom. The van der Waals surface area contributed by atoms with Crippen molar-refractivity contribution in [3.8, 4) is 28.5 Å². The number of methoxy groups -OCH3 is 1. The number of hydrogen-bond acceptors (Lipinski definition) is 5. The normalized spacial score (nSPS) is 21.9. The largest absolute Gasteiger partial charge is 0.507 e. The highest BCUT2D eigenvalue weighted by Gasteiger charge is 2.34. The molecule has 2 aromatic rings. The second kappa shape index (κ2) is 7.68. The number of nitrogens with zero attached hydrogens (tertiary/aromatic N) is 1. The average Bonchev–Trinajstić information content (AvgIpc) is 2.67. The maximum atomic E-state index is 11.0. The Kier molecular flexibility index (Phi) is 5.47. The number of pyridine rings is 1. The Bertz CT molecular complexity index is 948. The van der Waals surface area contributed by atoms with E-state index in [1.807, 2.05) is 26.8 Å². The van der Waals surface area contributed by atoms with Gasteiger partial charge in [0.05, 0.1) is 13.2 Å². The zero-order valence-corrected chi connectivity index (χ0v) is 16.7. The minimum Gasteiger partial charge on any atom is -0.507 e. The standard InChI is InChI=1S/C23H27NO4/c1-12(2)16-10-19(25)13(3)8-18(16)22-20(26)11-17(14(4)23(22)27)15-6-7-24-21(9-15)28-5/h6-9,11,16,18-19,25-27H,1,10H2,2-5H3/t16-,18+,19-/m0/s1. The first-order chi connectivity index (χ1) is 13.2. The Morgan fingerprint density at radius 1 is 1.25 bits per heavy atom. The van der Waals surface area contributed by atoms with Gasteiger partial charge in [0.1, 0.15) is 11.5 Å². The van der Waals surface area contributed by atoms with Crippen LogP contribution in [0.25, 0.3) is 11.1 Å². The van der Waals surface area contributed by atoms with Gasteiger partial charge < -0.3 is 20.1 Å². The summed E-state index contributed by atoms with van der Waals surface area (Å²) in [5.74, 6) is 0.220. The smallest absolute Gasteiger partial charge is 0.213 e. The van der Waals surface area contributed by atoms with Gasteiger partial charge in [-0.15, -0.1) is 0 Å². The molecule has 0 bridgehead atoms. The lowest BCUT2D eigenvalue weighted by Gasteiger charge is -2.34. The van der Waals surface area contributed by atoms with Crippen LogP contribution in [0, 0.1) is 12.8 Å². The number of allylic oxidation sites excluding steroid dienone is 2.